The molecule has 0 saturated carbocycles. The quantitative estimate of drug-likeness (QED) is 0.764. The van der Waals surface area contributed by atoms with E-state index in [0.717, 1.165) is 12.5 Å². The number of carboxylic acid groups (broad SMARTS) is 1. The van der Waals surface area contributed by atoms with Crippen molar-refractivity contribution < 1.29 is 23.8 Å². The molecule has 0 fully saturated rings. The number of rotatable bonds is 8. The molecule has 2 N–H and O–H groups in total. The molecule has 5 nitrogen and oxygen atoms in total. The van der Waals surface area contributed by atoms with Crippen molar-refractivity contribution >= 4 is 11.9 Å². The van der Waals surface area contributed by atoms with Crippen molar-refractivity contribution in [1.82, 2.24) is 5.32 Å². The van der Waals surface area contributed by atoms with Gasteiger partial charge in [0.1, 0.15) is 17.6 Å². The molecule has 6 heteroatoms. The molecule has 0 heterocycles. The van der Waals surface area contributed by atoms with Gasteiger partial charge in [0.15, 0.2) is 6.61 Å². The van der Waals surface area contributed by atoms with Crippen molar-refractivity contribution in [1.29, 1.82) is 0 Å². The molecule has 0 radical (unpaired) electrons. The van der Waals surface area contributed by atoms with E-state index in [0.29, 0.717) is 12.8 Å². The third-order valence-corrected chi connectivity index (χ3v) is 2.65. The van der Waals surface area contributed by atoms with Gasteiger partial charge in [0, 0.05) is 6.07 Å². The number of hydrogen-bond donors (Lipinski definition) is 2. The van der Waals surface area contributed by atoms with Gasteiger partial charge in [-0.3, -0.25) is 4.79 Å². The summed E-state index contributed by atoms with van der Waals surface area (Å²) in [4.78, 5) is 22.5. The number of hydrogen-bond acceptors (Lipinski definition) is 3. The number of benzene rings is 1. The second-order valence-corrected chi connectivity index (χ2v) is 4.35. The maximum Gasteiger partial charge on any atom is 0.326 e. The van der Waals surface area contributed by atoms with E-state index in [2.05, 4.69) is 5.32 Å². The minimum absolute atomic E-state index is 0.223. The second-order valence-electron chi connectivity index (χ2n) is 4.35. The van der Waals surface area contributed by atoms with Gasteiger partial charge < -0.3 is 15.2 Å². The Morgan fingerprint density at radius 3 is 2.80 bits per heavy atom. The fraction of sp³-hybridized carbons (Fsp3) is 0.429. The van der Waals surface area contributed by atoms with Gasteiger partial charge >= 0.3 is 5.97 Å². The third-order valence-electron chi connectivity index (χ3n) is 2.65. The van der Waals surface area contributed by atoms with Crippen LogP contribution in [0.15, 0.2) is 24.3 Å². The molecule has 0 aliphatic rings. The second kappa shape index (κ2) is 8.14. The highest BCUT2D eigenvalue weighted by molar-refractivity contribution is 5.84. The number of nitrogens with one attached hydrogen (secondary N) is 1. The first kappa shape index (κ1) is 15.9. The zero-order chi connectivity index (χ0) is 15.0. The van der Waals surface area contributed by atoms with Crippen LogP contribution in [0.2, 0.25) is 0 Å². The zero-order valence-corrected chi connectivity index (χ0v) is 11.3. The Morgan fingerprint density at radius 2 is 2.20 bits per heavy atom. The van der Waals surface area contributed by atoms with Crippen molar-refractivity contribution in [2.24, 2.45) is 0 Å². The van der Waals surface area contributed by atoms with Crippen LogP contribution in [-0.2, 0) is 9.59 Å². The summed E-state index contributed by atoms with van der Waals surface area (Å²) in [5.41, 5.74) is 0. The number of unbranched alkanes of at least 4 members (excludes halogenated alkanes) is 1. The number of halogens is 1. The highest BCUT2D eigenvalue weighted by Gasteiger charge is 2.19. The maximum absolute atomic E-state index is 12.9. The van der Waals surface area contributed by atoms with Crippen LogP contribution in [0.3, 0.4) is 0 Å². The van der Waals surface area contributed by atoms with Crippen LogP contribution in [0.4, 0.5) is 4.39 Å². The Kier molecular flexibility index (Phi) is 6.49. The maximum atomic E-state index is 12.9. The first-order chi connectivity index (χ1) is 9.52. The third kappa shape index (κ3) is 5.69. The molecule has 0 saturated heterocycles. The minimum Gasteiger partial charge on any atom is -0.484 e. The standard InChI is InChI=1S/C14H18FNO4/c1-2-3-7-12(14(18)19)16-13(17)9-20-11-6-4-5-10(15)8-11/h4-6,8,12H,2-3,7,9H2,1H3,(H,16,17)(H,18,19). The lowest BCUT2D eigenvalue weighted by Gasteiger charge is -2.14. The average molecular weight is 283 g/mol. The summed E-state index contributed by atoms with van der Waals surface area (Å²) < 4.78 is 18.0. The number of ether oxygens (including phenoxy) is 1. The van der Waals surface area contributed by atoms with Gasteiger partial charge in [-0.1, -0.05) is 25.8 Å². The summed E-state index contributed by atoms with van der Waals surface area (Å²) in [7, 11) is 0. The molecule has 1 aromatic rings. The summed E-state index contributed by atoms with van der Waals surface area (Å²) in [6.45, 7) is 1.59. The Hall–Kier alpha value is -2.11. The predicted octanol–water partition coefficient (Wildman–Crippen LogP) is 1.96. The number of carbonyl (C=O) groups excluding carboxylic acids is 1. The van der Waals surface area contributed by atoms with E-state index in [1.165, 1.54) is 18.2 Å². The van der Waals surface area contributed by atoms with Crippen LogP contribution in [-0.4, -0.2) is 29.6 Å². The largest absolute Gasteiger partial charge is 0.484 e. The van der Waals surface area contributed by atoms with Gasteiger partial charge in [0.05, 0.1) is 0 Å². The van der Waals surface area contributed by atoms with Crippen LogP contribution < -0.4 is 10.1 Å². The molecule has 0 spiro atoms. The Morgan fingerprint density at radius 1 is 1.45 bits per heavy atom. The van der Waals surface area contributed by atoms with Crippen molar-refractivity contribution in [3.8, 4) is 5.75 Å². The van der Waals surface area contributed by atoms with Crippen LogP contribution in [0, 0.1) is 5.82 Å². The molecule has 1 atom stereocenters. The molecule has 0 aliphatic heterocycles. The molecular formula is C14H18FNO4. The molecule has 1 rings (SSSR count). The van der Waals surface area contributed by atoms with E-state index >= 15 is 0 Å². The summed E-state index contributed by atoms with van der Waals surface area (Å²) >= 11 is 0. The first-order valence-electron chi connectivity index (χ1n) is 6.43. The number of carboxylic acids is 1. The van der Waals surface area contributed by atoms with Gasteiger partial charge in [-0.2, -0.15) is 0 Å². The Labute approximate surface area is 116 Å². The van der Waals surface area contributed by atoms with Gasteiger partial charge in [-0.05, 0) is 18.6 Å². The van der Waals surface area contributed by atoms with Crippen molar-refractivity contribution in [2.75, 3.05) is 6.61 Å². The fourth-order valence-electron chi connectivity index (χ4n) is 1.61. The topological polar surface area (TPSA) is 75.6 Å². The van der Waals surface area contributed by atoms with Crippen molar-refractivity contribution in [2.45, 2.75) is 32.2 Å². The van der Waals surface area contributed by atoms with Crippen LogP contribution in [0.5, 0.6) is 5.75 Å². The highest BCUT2D eigenvalue weighted by atomic mass is 19.1. The van der Waals surface area contributed by atoms with E-state index < -0.39 is 23.7 Å². The lowest BCUT2D eigenvalue weighted by molar-refractivity contribution is -0.142. The zero-order valence-electron chi connectivity index (χ0n) is 11.3. The Bertz CT molecular complexity index is 464. The molecule has 1 unspecified atom stereocenters. The molecule has 0 aliphatic carbocycles. The van der Waals surface area contributed by atoms with Gasteiger partial charge in [-0.15, -0.1) is 0 Å². The molecule has 1 amide bonds. The monoisotopic (exact) mass is 283 g/mol. The van der Waals surface area contributed by atoms with Gasteiger partial charge in [0.25, 0.3) is 5.91 Å². The molecule has 0 bridgehead atoms. The molecule has 20 heavy (non-hydrogen) atoms. The van der Waals surface area contributed by atoms with E-state index in [1.54, 1.807) is 0 Å². The van der Waals surface area contributed by atoms with E-state index in [-0.39, 0.29) is 12.4 Å². The number of carbonyl (C=O) groups is 2. The predicted molar refractivity (Wildman–Crippen MR) is 71.0 cm³/mol. The minimum atomic E-state index is -1.07. The van der Waals surface area contributed by atoms with Crippen LogP contribution >= 0.6 is 0 Å². The fourth-order valence-corrected chi connectivity index (χ4v) is 1.61. The van der Waals surface area contributed by atoms with Gasteiger partial charge in [-0.25, -0.2) is 9.18 Å². The SMILES string of the molecule is CCCCC(NC(=O)COc1cccc(F)c1)C(=O)O. The molecular weight excluding hydrogens is 265 g/mol. The number of amides is 1. The summed E-state index contributed by atoms with van der Waals surface area (Å²) in [5.74, 6) is -1.86. The smallest absolute Gasteiger partial charge is 0.326 e. The lowest BCUT2D eigenvalue weighted by atomic mass is 10.1. The van der Waals surface area contributed by atoms with E-state index in [9.17, 15) is 14.0 Å². The van der Waals surface area contributed by atoms with Crippen LogP contribution in [0.1, 0.15) is 26.2 Å². The Balaban J connectivity index is 2.43. The first-order valence-corrected chi connectivity index (χ1v) is 6.43. The van der Waals surface area contributed by atoms with Crippen molar-refractivity contribution in [3.63, 3.8) is 0 Å². The molecule has 0 aromatic heterocycles. The molecule has 1 aromatic carbocycles. The lowest BCUT2D eigenvalue weighted by Crippen LogP contribution is -2.42. The van der Waals surface area contributed by atoms with Gasteiger partial charge in [0.2, 0.25) is 0 Å². The van der Waals surface area contributed by atoms with E-state index in [4.69, 9.17) is 9.84 Å². The molecule has 110 valence electrons. The van der Waals surface area contributed by atoms with Crippen LogP contribution in [0.25, 0.3) is 0 Å². The normalized spacial score (nSPS) is 11.7. The summed E-state index contributed by atoms with van der Waals surface area (Å²) in [6, 6.07) is 4.47. The summed E-state index contributed by atoms with van der Waals surface area (Å²) in [5, 5.41) is 11.3. The number of aliphatic carboxylic acids is 1. The highest BCUT2D eigenvalue weighted by Crippen LogP contribution is 2.11. The average Bonchev–Trinajstić information content (AvgIpc) is 2.41. The van der Waals surface area contributed by atoms with Crippen molar-refractivity contribution in [3.05, 3.63) is 30.1 Å². The van der Waals surface area contributed by atoms with E-state index in [1.807, 2.05) is 6.92 Å². The summed E-state index contributed by atoms with van der Waals surface area (Å²) in [6.07, 6.45) is 1.93.